The summed E-state index contributed by atoms with van der Waals surface area (Å²) in [7, 11) is 0. The summed E-state index contributed by atoms with van der Waals surface area (Å²) in [6.07, 6.45) is 6.02. The Morgan fingerprint density at radius 2 is 2.37 bits per heavy atom. The summed E-state index contributed by atoms with van der Waals surface area (Å²) in [4.78, 5) is 6.87. The van der Waals surface area contributed by atoms with E-state index in [0.29, 0.717) is 6.10 Å². The van der Waals surface area contributed by atoms with Gasteiger partial charge in [0.2, 0.25) is 0 Å². The standard InChI is InChI=1S/C15H23N3O/c1-2-15-11-18(7-8-19-15)14-5-6-16-13(9-14)10-17-12-3-4-12/h5-6,9,12,15,17H,2-4,7-8,10-11H2,1H3. The van der Waals surface area contributed by atoms with Crippen LogP contribution in [0, 0.1) is 0 Å². The molecule has 19 heavy (non-hydrogen) atoms. The van der Waals surface area contributed by atoms with Crippen LogP contribution in [-0.2, 0) is 11.3 Å². The molecule has 1 unspecified atom stereocenters. The molecule has 3 rings (SSSR count). The Hall–Kier alpha value is -1.13. The van der Waals surface area contributed by atoms with Crippen LogP contribution in [0.3, 0.4) is 0 Å². The molecule has 1 aromatic rings. The fraction of sp³-hybridized carbons (Fsp3) is 0.667. The van der Waals surface area contributed by atoms with Crippen LogP contribution in [0.25, 0.3) is 0 Å². The van der Waals surface area contributed by atoms with E-state index in [1.807, 2.05) is 6.20 Å². The Morgan fingerprint density at radius 1 is 1.47 bits per heavy atom. The van der Waals surface area contributed by atoms with Crippen molar-refractivity contribution in [3.63, 3.8) is 0 Å². The number of rotatable bonds is 5. The lowest BCUT2D eigenvalue weighted by Gasteiger charge is -2.34. The largest absolute Gasteiger partial charge is 0.375 e. The van der Waals surface area contributed by atoms with Gasteiger partial charge in [-0.25, -0.2) is 0 Å². The van der Waals surface area contributed by atoms with E-state index in [1.54, 1.807) is 0 Å². The lowest BCUT2D eigenvalue weighted by atomic mass is 10.2. The molecule has 0 radical (unpaired) electrons. The maximum atomic E-state index is 5.73. The molecule has 1 N–H and O–H groups in total. The van der Waals surface area contributed by atoms with Crippen LogP contribution < -0.4 is 10.2 Å². The van der Waals surface area contributed by atoms with Crippen LogP contribution in [0.15, 0.2) is 18.3 Å². The van der Waals surface area contributed by atoms with Crippen LogP contribution in [-0.4, -0.2) is 36.8 Å². The third-order valence-electron chi connectivity index (χ3n) is 3.91. The molecular formula is C15H23N3O. The number of morpholine rings is 1. The van der Waals surface area contributed by atoms with Gasteiger partial charge >= 0.3 is 0 Å². The van der Waals surface area contributed by atoms with Gasteiger partial charge in [-0.1, -0.05) is 6.92 Å². The first-order valence-electron chi connectivity index (χ1n) is 7.40. The monoisotopic (exact) mass is 261 g/mol. The summed E-state index contributed by atoms with van der Waals surface area (Å²) in [6.45, 7) is 5.88. The molecule has 0 spiro atoms. The number of hydrogen-bond donors (Lipinski definition) is 1. The predicted molar refractivity (Wildman–Crippen MR) is 76.3 cm³/mol. The van der Waals surface area contributed by atoms with Gasteiger partial charge in [0.05, 0.1) is 18.4 Å². The smallest absolute Gasteiger partial charge is 0.0748 e. The van der Waals surface area contributed by atoms with Gasteiger partial charge in [-0.15, -0.1) is 0 Å². The summed E-state index contributed by atoms with van der Waals surface area (Å²) < 4.78 is 5.73. The first kappa shape index (κ1) is 12.9. The summed E-state index contributed by atoms with van der Waals surface area (Å²) >= 11 is 0. The first-order valence-corrected chi connectivity index (χ1v) is 7.40. The Bertz CT molecular complexity index is 420. The van der Waals surface area contributed by atoms with Crippen molar-refractivity contribution in [2.75, 3.05) is 24.6 Å². The van der Waals surface area contributed by atoms with Gasteiger partial charge in [0.1, 0.15) is 0 Å². The number of aromatic nitrogens is 1. The fourth-order valence-corrected chi connectivity index (χ4v) is 2.50. The molecule has 2 heterocycles. The number of nitrogens with zero attached hydrogens (tertiary/aromatic N) is 2. The highest BCUT2D eigenvalue weighted by molar-refractivity contribution is 5.47. The number of pyridine rings is 1. The third-order valence-corrected chi connectivity index (χ3v) is 3.91. The number of anilines is 1. The van der Waals surface area contributed by atoms with E-state index in [4.69, 9.17) is 4.74 Å². The molecule has 0 bridgehead atoms. The number of hydrogen-bond acceptors (Lipinski definition) is 4. The van der Waals surface area contributed by atoms with Gasteiger partial charge in [0, 0.05) is 37.6 Å². The van der Waals surface area contributed by atoms with Gasteiger partial charge in [0.15, 0.2) is 0 Å². The van der Waals surface area contributed by atoms with Crippen LogP contribution in [0.2, 0.25) is 0 Å². The minimum Gasteiger partial charge on any atom is -0.375 e. The molecule has 0 amide bonds. The first-order chi connectivity index (χ1) is 9.35. The zero-order valence-corrected chi connectivity index (χ0v) is 11.6. The normalized spacial score (nSPS) is 23.6. The second-order valence-electron chi connectivity index (χ2n) is 5.51. The Labute approximate surface area is 115 Å². The van der Waals surface area contributed by atoms with Crippen molar-refractivity contribution >= 4 is 5.69 Å². The zero-order valence-electron chi connectivity index (χ0n) is 11.6. The van der Waals surface area contributed by atoms with Crippen LogP contribution >= 0.6 is 0 Å². The maximum Gasteiger partial charge on any atom is 0.0748 e. The maximum absolute atomic E-state index is 5.73. The van der Waals surface area contributed by atoms with E-state index in [9.17, 15) is 0 Å². The van der Waals surface area contributed by atoms with Gasteiger partial charge in [-0.05, 0) is 31.4 Å². The molecule has 4 nitrogen and oxygen atoms in total. The molecule has 1 aromatic heterocycles. The van der Waals surface area contributed by atoms with Crippen molar-refractivity contribution in [3.8, 4) is 0 Å². The summed E-state index contributed by atoms with van der Waals surface area (Å²) in [5, 5.41) is 3.52. The molecule has 1 aliphatic heterocycles. The van der Waals surface area contributed by atoms with Crippen molar-refractivity contribution in [3.05, 3.63) is 24.0 Å². The van der Waals surface area contributed by atoms with Gasteiger partial charge < -0.3 is 15.0 Å². The van der Waals surface area contributed by atoms with E-state index < -0.39 is 0 Å². The highest BCUT2D eigenvalue weighted by Gasteiger charge is 2.21. The minimum absolute atomic E-state index is 0.370. The highest BCUT2D eigenvalue weighted by atomic mass is 16.5. The summed E-state index contributed by atoms with van der Waals surface area (Å²) in [5.74, 6) is 0. The van der Waals surface area contributed by atoms with E-state index >= 15 is 0 Å². The fourth-order valence-electron chi connectivity index (χ4n) is 2.50. The second kappa shape index (κ2) is 5.88. The molecule has 1 saturated carbocycles. The molecular weight excluding hydrogens is 238 g/mol. The zero-order chi connectivity index (χ0) is 13.1. The topological polar surface area (TPSA) is 37.4 Å². The van der Waals surface area contributed by atoms with Crippen molar-refractivity contribution in [2.45, 2.75) is 44.9 Å². The Kier molecular flexibility index (Phi) is 3.99. The molecule has 2 fully saturated rings. The average Bonchev–Trinajstić information content (AvgIpc) is 3.30. The number of ether oxygens (including phenoxy) is 1. The van der Waals surface area contributed by atoms with Crippen LogP contribution in [0.4, 0.5) is 5.69 Å². The third kappa shape index (κ3) is 3.45. The minimum atomic E-state index is 0.370. The molecule has 1 atom stereocenters. The molecule has 104 valence electrons. The average molecular weight is 261 g/mol. The number of nitrogens with one attached hydrogen (secondary N) is 1. The summed E-state index contributed by atoms with van der Waals surface area (Å²) in [6, 6.07) is 5.06. The SMILES string of the molecule is CCC1CN(c2ccnc(CNC3CC3)c2)CCO1. The van der Waals surface area contributed by atoms with Crippen molar-refractivity contribution < 1.29 is 4.74 Å². The van der Waals surface area contributed by atoms with E-state index in [1.165, 1.54) is 18.5 Å². The highest BCUT2D eigenvalue weighted by Crippen LogP contribution is 2.21. The molecule has 4 heteroatoms. The van der Waals surface area contributed by atoms with Crippen LogP contribution in [0.1, 0.15) is 31.9 Å². The molecule has 1 aliphatic carbocycles. The van der Waals surface area contributed by atoms with Gasteiger partial charge in [-0.3, -0.25) is 4.98 Å². The quantitative estimate of drug-likeness (QED) is 0.879. The molecule has 2 aliphatic rings. The van der Waals surface area contributed by atoms with E-state index in [0.717, 1.165) is 44.4 Å². The van der Waals surface area contributed by atoms with Crippen molar-refractivity contribution in [1.82, 2.24) is 10.3 Å². The Morgan fingerprint density at radius 3 is 3.16 bits per heavy atom. The summed E-state index contributed by atoms with van der Waals surface area (Å²) in [5.41, 5.74) is 2.42. The predicted octanol–water partition coefficient (Wildman–Crippen LogP) is 1.95. The lowest BCUT2D eigenvalue weighted by molar-refractivity contribution is 0.0384. The van der Waals surface area contributed by atoms with Crippen molar-refractivity contribution in [2.24, 2.45) is 0 Å². The molecule has 1 saturated heterocycles. The van der Waals surface area contributed by atoms with Crippen molar-refractivity contribution in [1.29, 1.82) is 0 Å². The lowest BCUT2D eigenvalue weighted by Crippen LogP contribution is -2.42. The van der Waals surface area contributed by atoms with Gasteiger partial charge in [-0.2, -0.15) is 0 Å². The van der Waals surface area contributed by atoms with Gasteiger partial charge in [0.25, 0.3) is 0 Å². The second-order valence-corrected chi connectivity index (χ2v) is 5.51. The Balaban J connectivity index is 1.63. The van der Waals surface area contributed by atoms with E-state index in [-0.39, 0.29) is 0 Å². The van der Waals surface area contributed by atoms with E-state index in [2.05, 4.69) is 34.3 Å². The van der Waals surface area contributed by atoms with Crippen LogP contribution in [0.5, 0.6) is 0 Å². The molecule has 0 aromatic carbocycles.